The monoisotopic (exact) mass is 222 g/mol. The molecule has 0 aliphatic carbocycles. The number of nitrogens with one attached hydrogen (secondary N) is 1. The van der Waals surface area contributed by atoms with E-state index in [1.165, 1.54) is 0 Å². The summed E-state index contributed by atoms with van der Waals surface area (Å²) in [5, 5.41) is 10.9. The van der Waals surface area contributed by atoms with E-state index in [1.807, 2.05) is 13.0 Å². The van der Waals surface area contributed by atoms with Crippen LogP contribution in [0, 0.1) is 18.3 Å². The topological polar surface area (TPSA) is 52.9 Å². The van der Waals surface area contributed by atoms with Crippen molar-refractivity contribution >= 4 is 23.2 Å². The van der Waals surface area contributed by atoms with Gasteiger partial charge in [-0.1, -0.05) is 12.1 Å². The van der Waals surface area contributed by atoms with Crippen LogP contribution >= 0.6 is 11.6 Å². The molecule has 0 spiro atoms. The Morgan fingerprint density at radius 1 is 1.60 bits per heavy atom. The number of halogens is 1. The van der Waals surface area contributed by atoms with E-state index in [9.17, 15) is 4.79 Å². The van der Waals surface area contributed by atoms with Gasteiger partial charge in [-0.25, -0.2) is 0 Å². The molecule has 1 rings (SSSR count). The van der Waals surface area contributed by atoms with Crippen molar-refractivity contribution in [3.05, 3.63) is 29.3 Å². The fourth-order valence-corrected chi connectivity index (χ4v) is 1.21. The van der Waals surface area contributed by atoms with Gasteiger partial charge in [-0.15, -0.1) is 11.6 Å². The van der Waals surface area contributed by atoms with Crippen molar-refractivity contribution in [3.63, 3.8) is 0 Å². The van der Waals surface area contributed by atoms with Crippen LogP contribution in [-0.4, -0.2) is 11.3 Å². The van der Waals surface area contributed by atoms with Crippen LogP contribution in [0.25, 0.3) is 0 Å². The number of anilines is 1. The first-order valence-corrected chi connectivity index (χ1v) is 4.94. The van der Waals surface area contributed by atoms with Crippen LogP contribution in [0.2, 0.25) is 0 Å². The summed E-state index contributed by atoms with van der Waals surface area (Å²) < 4.78 is 0. The minimum Gasteiger partial charge on any atom is -0.324 e. The van der Waals surface area contributed by atoms with Crippen molar-refractivity contribution in [2.75, 3.05) is 5.32 Å². The summed E-state index contributed by atoms with van der Waals surface area (Å²) in [5.41, 5.74) is 1.82. The maximum Gasteiger partial charge on any atom is 0.242 e. The van der Waals surface area contributed by atoms with Crippen molar-refractivity contribution in [1.82, 2.24) is 0 Å². The standard InChI is InChI=1S/C11H11ClN2O/c1-7-4-3-5-10(9(7)6-13)14-11(15)8(2)12/h3-5,8H,1-2H3,(H,14,15). The van der Waals surface area contributed by atoms with E-state index in [0.29, 0.717) is 11.3 Å². The van der Waals surface area contributed by atoms with Crippen molar-refractivity contribution < 1.29 is 4.79 Å². The molecule has 0 saturated carbocycles. The van der Waals surface area contributed by atoms with Gasteiger partial charge in [-0.3, -0.25) is 4.79 Å². The third kappa shape index (κ3) is 2.71. The molecule has 1 amide bonds. The first-order valence-electron chi connectivity index (χ1n) is 4.51. The molecule has 0 saturated heterocycles. The predicted octanol–water partition coefficient (Wildman–Crippen LogP) is 2.43. The highest BCUT2D eigenvalue weighted by Crippen LogP contribution is 2.18. The van der Waals surface area contributed by atoms with E-state index < -0.39 is 5.38 Å². The van der Waals surface area contributed by atoms with Crippen molar-refractivity contribution in [3.8, 4) is 6.07 Å². The van der Waals surface area contributed by atoms with E-state index >= 15 is 0 Å². The van der Waals surface area contributed by atoms with E-state index in [1.54, 1.807) is 19.1 Å². The zero-order chi connectivity index (χ0) is 11.4. The number of carbonyl (C=O) groups is 1. The van der Waals surface area contributed by atoms with Gasteiger partial charge in [-0.2, -0.15) is 5.26 Å². The number of carbonyl (C=O) groups excluding carboxylic acids is 1. The predicted molar refractivity (Wildman–Crippen MR) is 59.8 cm³/mol. The van der Waals surface area contributed by atoms with Crippen LogP contribution in [0.15, 0.2) is 18.2 Å². The third-order valence-electron chi connectivity index (χ3n) is 2.00. The lowest BCUT2D eigenvalue weighted by atomic mass is 10.1. The minimum absolute atomic E-state index is 0.307. The first kappa shape index (κ1) is 11.5. The molecule has 78 valence electrons. The Morgan fingerprint density at radius 3 is 2.80 bits per heavy atom. The van der Waals surface area contributed by atoms with Gasteiger partial charge < -0.3 is 5.32 Å². The Morgan fingerprint density at radius 2 is 2.27 bits per heavy atom. The highest BCUT2D eigenvalue weighted by Gasteiger charge is 2.12. The molecule has 0 aliphatic rings. The third-order valence-corrected chi connectivity index (χ3v) is 2.20. The molecule has 0 aromatic heterocycles. The number of nitriles is 1. The van der Waals surface area contributed by atoms with Crippen LogP contribution in [0.3, 0.4) is 0 Å². The fourth-order valence-electron chi connectivity index (χ4n) is 1.15. The van der Waals surface area contributed by atoms with Gasteiger partial charge in [-0.05, 0) is 25.5 Å². The van der Waals surface area contributed by atoms with Gasteiger partial charge in [0.25, 0.3) is 0 Å². The lowest BCUT2D eigenvalue weighted by Gasteiger charge is -2.09. The van der Waals surface area contributed by atoms with Gasteiger partial charge >= 0.3 is 0 Å². The molecule has 4 heteroatoms. The van der Waals surface area contributed by atoms with Gasteiger partial charge in [0, 0.05) is 0 Å². The quantitative estimate of drug-likeness (QED) is 0.782. The van der Waals surface area contributed by atoms with Gasteiger partial charge in [0.2, 0.25) is 5.91 Å². The molecule has 15 heavy (non-hydrogen) atoms. The van der Waals surface area contributed by atoms with Gasteiger partial charge in [0.15, 0.2) is 0 Å². The number of amides is 1. The molecular weight excluding hydrogens is 212 g/mol. The van der Waals surface area contributed by atoms with Crippen molar-refractivity contribution in [1.29, 1.82) is 5.26 Å². The molecule has 1 unspecified atom stereocenters. The molecule has 1 atom stereocenters. The highest BCUT2D eigenvalue weighted by molar-refractivity contribution is 6.32. The SMILES string of the molecule is Cc1cccc(NC(=O)C(C)Cl)c1C#N. The van der Waals surface area contributed by atoms with Crippen LogP contribution in [0.5, 0.6) is 0 Å². The van der Waals surface area contributed by atoms with Crippen molar-refractivity contribution in [2.45, 2.75) is 19.2 Å². The number of hydrogen-bond donors (Lipinski definition) is 1. The number of aryl methyl sites for hydroxylation is 1. The maximum absolute atomic E-state index is 11.3. The Bertz CT molecular complexity index is 421. The molecule has 0 aliphatic heterocycles. The smallest absolute Gasteiger partial charge is 0.242 e. The molecule has 1 aromatic carbocycles. The average Bonchev–Trinajstić information content (AvgIpc) is 2.18. The van der Waals surface area contributed by atoms with E-state index in [0.717, 1.165) is 5.56 Å². The molecule has 3 nitrogen and oxygen atoms in total. The normalized spacial score (nSPS) is 11.6. The summed E-state index contributed by atoms with van der Waals surface area (Å²) >= 11 is 5.62. The minimum atomic E-state index is -0.614. The van der Waals surface area contributed by atoms with Crippen LogP contribution in [-0.2, 0) is 4.79 Å². The Balaban J connectivity index is 3.01. The maximum atomic E-state index is 11.3. The summed E-state index contributed by atoms with van der Waals surface area (Å²) in [4.78, 5) is 11.3. The van der Waals surface area contributed by atoms with Crippen LogP contribution in [0.1, 0.15) is 18.1 Å². The van der Waals surface area contributed by atoms with Crippen LogP contribution in [0.4, 0.5) is 5.69 Å². The molecule has 1 aromatic rings. The zero-order valence-electron chi connectivity index (χ0n) is 8.54. The fraction of sp³-hybridized carbons (Fsp3) is 0.273. The number of benzene rings is 1. The molecule has 1 N–H and O–H groups in total. The summed E-state index contributed by atoms with van der Waals surface area (Å²) in [7, 11) is 0. The lowest BCUT2D eigenvalue weighted by Crippen LogP contribution is -2.21. The molecule has 0 fully saturated rings. The summed E-state index contributed by atoms with van der Waals surface area (Å²) in [6, 6.07) is 7.33. The molecule has 0 heterocycles. The molecule has 0 bridgehead atoms. The summed E-state index contributed by atoms with van der Waals surface area (Å²) in [6.45, 7) is 3.40. The largest absolute Gasteiger partial charge is 0.324 e. The van der Waals surface area contributed by atoms with Gasteiger partial charge in [0.05, 0.1) is 11.3 Å². The first-order chi connectivity index (χ1) is 7.06. The lowest BCUT2D eigenvalue weighted by molar-refractivity contribution is -0.115. The Labute approximate surface area is 93.7 Å². The molecule has 0 radical (unpaired) electrons. The van der Waals surface area contributed by atoms with Gasteiger partial charge in [0.1, 0.15) is 11.4 Å². The second-order valence-electron chi connectivity index (χ2n) is 3.21. The van der Waals surface area contributed by atoms with Crippen molar-refractivity contribution in [2.24, 2.45) is 0 Å². The molecular formula is C11H11ClN2O. The summed E-state index contributed by atoms with van der Waals surface area (Å²) in [6.07, 6.45) is 0. The highest BCUT2D eigenvalue weighted by atomic mass is 35.5. The number of alkyl halides is 1. The number of hydrogen-bond acceptors (Lipinski definition) is 2. The zero-order valence-corrected chi connectivity index (χ0v) is 9.30. The second kappa shape index (κ2) is 4.81. The number of nitrogens with zero attached hydrogens (tertiary/aromatic N) is 1. The second-order valence-corrected chi connectivity index (χ2v) is 3.87. The van der Waals surface area contributed by atoms with E-state index in [-0.39, 0.29) is 5.91 Å². The van der Waals surface area contributed by atoms with Crippen LogP contribution < -0.4 is 5.32 Å². The Hall–Kier alpha value is -1.53. The summed E-state index contributed by atoms with van der Waals surface area (Å²) in [5.74, 6) is -0.307. The van der Waals surface area contributed by atoms with E-state index in [2.05, 4.69) is 11.4 Å². The Kier molecular flexibility index (Phi) is 3.70. The average molecular weight is 223 g/mol. The number of rotatable bonds is 2. The van der Waals surface area contributed by atoms with E-state index in [4.69, 9.17) is 16.9 Å².